The second-order valence-electron chi connectivity index (χ2n) is 3.57. The lowest BCUT2D eigenvalue weighted by Crippen LogP contribution is -2.00. The van der Waals surface area contributed by atoms with Gasteiger partial charge in [-0.25, -0.2) is 4.39 Å². The van der Waals surface area contributed by atoms with Crippen molar-refractivity contribution < 1.29 is 9.13 Å². The lowest BCUT2D eigenvalue weighted by molar-refractivity contribution is 0.292. The Morgan fingerprint density at radius 2 is 1.82 bits per heavy atom. The van der Waals surface area contributed by atoms with Crippen LogP contribution in [0.25, 0.3) is 0 Å². The van der Waals surface area contributed by atoms with Gasteiger partial charge >= 0.3 is 0 Å². The van der Waals surface area contributed by atoms with Crippen molar-refractivity contribution in [3.63, 3.8) is 0 Å². The summed E-state index contributed by atoms with van der Waals surface area (Å²) in [6, 6.07) is 11.6. The van der Waals surface area contributed by atoms with Crippen LogP contribution in [0.3, 0.4) is 0 Å². The lowest BCUT2D eigenvalue weighted by Gasteiger charge is -2.09. The predicted octanol–water partition coefficient (Wildman–Crippen LogP) is 3.64. The molecule has 2 nitrogen and oxygen atoms in total. The first-order valence-electron chi connectivity index (χ1n) is 5.08. The molecule has 88 valence electrons. The Labute approximate surface area is 104 Å². The van der Waals surface area contributed by atoms with Crippen molar-refractivity contribution in [2.75, 3.05) is 5.73 Å². The highest BCUT2D eigenvalue weighted by atomic mass is 35.5. The SMILES string of the molecule is Nc1cccc(F)c1OCc1ccc(Cl)cc1. The number of anilines is 1. The third-order valence-corrected chi connectivity index (χ3v) is 2.55. The van der Waals surface area contributed by atoms with Crippen LogP contribution in [-0.2, 0) is 6.61 Å². The highest BCUT2D eigenvalue weighted by molar-refractivity contribution is 6.30. The van der Waals surface area contributed by atoms with Crippen molar-refractivity contribution in [1.82, 2.24) is 0 Å². The summed E-state index contributed by atoms with van der Waals surface area (Å²) in [6.45, 7) is 0.252. The summed E-state index contributed by atoms with van der Waals surface area (Å²) in [5.74, 6) is -0.374. The van der Waals surface area contributed by atoms with E-state index in [2.05, 4.69) is 0 Å². The number of benzene rings is 2. The summed E-state index contributed by atoms with van der Waals surface area (Å²) in [5, 5.41) is 0.652. The molecule has 0 saturated carbocycles. The van der Waals surface area contributed by atoms with Gasteiger partial charge in [-0.3, -0.25) is 0 Å². The molecule has 0 aliphatic rings. The number of hydrogen-bond donors (Lipinski definition) is 1. The molecule has 0 aromatic heterocycles. The highest BCUT2D eigenvalue weighted by Crippen LogP contribution is 2.25. The molecule has 4 heteroatoms. The highest BCUT2D eigenvalue weighted by Gasteiger charge is 2.07. The van der Waals surface area contributed by atoms with Crippen molar-refractivity contribution in [1.29, 1.82) is 0 Å². The third kappa shape index (κ3) is 2.88. The fourth-order valence-electron chi connectivity index (χ4n) is 1.41. The smallest absolute Gasteiger partial charge is 0.178 e. The molecule has 0 radical (unpaired) electrons. The van der Waals surface area contributed by atoms with Crippen molar-refractivity contribution >= 4 is 17.3 Å². The van der Waals surface area contributed by atoms with Gasteiger partial charge in [0.15, 0.2) is 11.6 Å². The molecule has 2 rings (SSSR count). The third-order valence-electron chi connectivity index (χ3n) is 2.29. The molecule has 0 atom stereocenters. The van der Waals surface area contributed by atoms with Crippen LogP contribution in [0.15, 0.2) is 42.5 Å². The molecule has 17 heavy (non-hydrogen) atoms. The topological polar surface area (TPSA) is 35.2 Å². The largest absolute Gasteiger partial charge is 0.484 e. The summed E-state index contributed by atoms with van der Waals surface area (Å²) in [7, 11) is 0. The van der Waals surface area contributed by atoms with Gasteiger partial charge in [0.25, 0.3) is 0 Å². The molecule has 0 bridgehead atoms. The van der Waals surface area contributed by atoms with Crippen molar-refractivity contribution in [3.8, 4) is 5.75 Å². The van der Waals surface area contributed by atoms with Crippen LogP contribution in [0.4, 0.5) is 10.1 Å². The van der Waals surface area contributed by atoms with E-state index in [1.165, 1.54) is 6.07 Å². The molecule has 0 spiro atoms. The molecule has 0 unspecified atom stereocenters. The number of halogens is 2. The van der Waals surface area contributed by atoms with Gasteiger partial charge in [0.05, 0.1) is 5.69 Å². The monoisotopic (exact) mass is 251 g/mol. The Hall–Kier alpha value is -1.74. The summed E-state index contributed by atoms with van der Waals surface area (Å²) < 4.78 is 18.7. The maximum Gasteiger partial charge on any atom is 0.178 e. The molecule has 0 aliphatic heterocycles. The van der Waals surface area contributed by atoms with Gasteiger partial charge in [-0.2, -0.15) is 0 Å². The summed E-state index contributed by atoms with van der Waals surface area (Å²) in [6.07, 6.45) is 0. The van der Waals surface area contributed by atoms with Gasteiger partial charge in [0.1, 0.15) is 6.61 Å². The van der Waals surface area contributed by atoms with E-state index >= 15 is 0 Å². The molecule has 2 aromatic carbocycles. The molecule has 0 aliphatic carbocycles. The second-order valence-corrected chi connectivity index (χ2v) is 4.01. The van der Waals surface area contributed by atoms with E-state index in [1.54, 1.807) is 24.3 Å². The predicted molar refractivity (Wildman–Crippen MR) is 66.6 cm³/mol. The Morgan fingerprint density at radius 3 is 2.47 bits per heavy atom. The van der Waals surface area contributed by atoms with Crippen molar-refractivity contribution in [3.05, 3.63) is 58.9 Å². The first kappa shape index (κ1) is 11.7. The number of nitrogen functional groups attached to an aromatic ring is 1. The molecule has 0 fully saturated rings. The zero-order valence-corrected chi connectivity index (χ0v) is 9.75. The quantitative estimate of drug-likeness (QED) is 0.846. The maximum atomic E-state index is 13.4. The number of rotatable bonds is 3. The van der Waals surface area contributed by atoms with Crippen LogP contribution in [0.2, 0.25) is 5.02 Å². The average molecular weight is 252 g/mol. The Balaban J connectivity index is 2.10. The van der Waals surface area contributed by atoms with Crippen molar-refractivity contribution in [2.24, 2.45) is 0 Å². The van der Waals surface area contributed by atoms with Gasteiger partial charge in [-0.15, -0.1) is 0 Å². The van der Waals surface area contributed by atoms with Crippen LogP contribution < -0.4 is 10.5 Å². The molecular weight excluding hydrogens is 241 g/mol. The normalized spacial score (nSPS) is 10.2. The number of ether oxygens (including phenoxy) is 1. The first-order valence-corrected chi connectivity index (χ1v) is 5.46. The summed E-state index contributed by atoms with van der Waals surface area (Å²) >= 11 is 5.76. The molecule has 2 aromatic rings. The minimum Gasteiger partial charge on any atom is -0.484 e. The van der Waals surface area contributed by atoms with Gasteiger partial charge in [0, 0.05) is 5.02 Å². The van der Waals surface area contributed by atoms with Crippen LogP contribution >= 0.6 is 11.6 Å². The van der Waals surface area contributed by atoms with E-state index in [4.69, 9.17) is 22.1 Å². The van der Waals surface area contributed by atoms with Crippen molar-refractivity contribution in [2.45, 2.75) is 6.61 Å². The van der Waals surface area contributed by atoms with Crippen LogP contribution in [0.1, 0.15) is 5.56 Å². The zero-order chi connectivity index (χ0) is 12.3. The van der Waals surface area contributed by atoms with Crippen LogP contribution in [0.5, 0.6) is 5.75 Å². The maximum absolute atomic E-state index is 13.4. The fraction of sp³-hybridized carbons (Fsp3) is 0.0769. The molecule has 0 heterocycles. The van der Waals surface area contributed by atoms with Gasteiger partial charge in [-0.05, 0) is 29.8 Å². The molecule has 2 N–H and O–H groups in total. The van der Waals surface area contributed by atoms with E-state index < -0.39 is 5.82 Å². The molecule has 0 saturated heterocycles. The van der Waals surface area contributed by atoms with Gasteiger partial charge < -0.3 is 10.5 Å². The zero-order valence-electron chi connectivity index (χ0n) is 8.99. The number of hydrogen-bond acceptors (Lipinski definition) is 2. The lowest BCUT2D eigenvalue weighted by atomic mass is 10.2. The fourth-order valence-corrected chi connectivity index (χ4v) is 1.54. The summed E-state index contributed by atoms with van der Waals surface area (Å²) in [4.78, 5) is 0. The van der Waals surface area contributed by atoms with Crippen LogP contribution in [0, 0.1) is 5.82 Å². The molecular formula is C13H11ClFNO. The Morgan fingerprint density at radius 1 is 1.12 bits per heavy atom. The van der Waals surface area contributed by atoms with E-state index in [0.29, 0.717) is 10.7 Å². The minimum absolute atomic E-state index is 0.0856. The minimum atomic E-state index is -0.459. The van der Waals surface area contributed by atoms with Gasteiger partial charge in [0.2, 0.25) is 0 Å². The van der Waals surface area contributed by atoms with E-state index in [9.17, 15) is 4.39 Å². The van der Waals surface area contributed by atoms with E-state index in [-0.39, 0.29) is 12.4 Å². The number of para-hydroxylation sites is 1. The standard InChI is InChI=1S/C13H11ClFNO/c14-10-6-4-9(5-7-10)8-17-13-11(15)2-1-3-12(13)16/h1-7H,8,16H2. The average Bonchev–Trinajstić information content (AvgIpc) is 2.31. The van der Waals surface area contributed by atoms with Gasteiger partial charge in [-0.1, -0.05) is 29.8 Å². The Kier molecular flexibility index (Phi) is 3.49. The first-order chi connectivity index (χ1) is 8.16. The van der Waals surface area contributed by atoms with E-state index in [0.717, 1.165) is 5.56 Å². The van der Waals surface area contributed by atoms with Crippen LogP contribution in [-0.4, -0.2) is 0 Å². The van der Waals surface area contributed by atoms with E-state index in [1.807, 2.05) is 12.1 Å². The number of nitrogens with two attached hydrogens (primary N) is 1. The Bertz CT molecular complexity index is 493. The second kappa shape index (κ2) is 5.06. The summed E-state index contributed by atoms with van der Waals surface area (Å²) in [5.41, 5.74) is 6.81. The molecule has 0 amide bonds.